The SMILES string of the molecule is CCC1CN(C2CCS(=O)(=O)C2)CCC1O. The van der Waals surface area contributed by atoms with Crippen LogP contribution in [-0.4, -0.2) is 55.2 Å². The zero-order valence-corrected chi connectivity index (χ0v) is 10.6. The molecule has 5 heteroatoms. The Morgan fingerprint density at radius 1 is 1.38 bits per heavy atom. The summed E-state index contributed by atoms with van der Waals surface area (Å²) in [4.78, 5) is 2.27. The summed E-state index contributed by atoms with van der Waals surface area (Å²) in [5, 5.41) is 9.79. The fraction of sp³-hybridized carbons (Fsp3) is 1.00. The minimum Gasteiger partial charge on any atom is -0.393 e. The Bertz CT molecular complexity index is 341. The van der Waals surface area contributed by atoms with Crippen LogP contribution in [0.3, 0.4) is 0 Å². The smallest absolute Gasteiger partial charge is 0.151 e. The van der Waals surface area contributed by atoms with Crippen LogP contribution in [0.25, 0.3) is 0 Å². The van der Waals surface area contributed by atoms with E-state index in [2.05, 4.69) is 11.8 Å². The van der Waals surface area contributed by atoms with Gasteiger partial charge in [-0.3, -0.25) is 4.90 Å². The first-order chi connectivity index (χ1) is 7.52. The molecule has 16 heavy (non-hydrogen) atoms. The van der Waals surface area contributed by atoms with E-state index in [-0.39, 0.29) is 12.1 Å². The first kappa shape index (κ1) is 12.3. The average molecular weight is 247 g/mol. The highest BCUT2D eigenvalue weighted by Crippen LogP contribution is 2.26. The van der Waals surface area contributed by atoms with Crippen LogP contribution >= 0.6 is 0 Å². The molecule has 4 nitrogen and oxygen atoms in total. The van der Waals surface area contributed by atoms with Crippen LogP contribution in [-0.2, 0) is 9.84 Å². The molecule has 2 saturated heterocycles. The van der Waals surface area contributed by atoms with Gasteiger partial charge in [0.15, 0.2) is 9.84 Å². The van der Waals surface area contributed by atoms with Gasteiger partial charge in [-0.15, -0.1) is 0 Å². The van der Waals surface area contributed by atoms with Crippen LogP contribution < -0.4 is 0 Å². The minimum absolute atomic E-state index is 0.195. The van der Waals surface area contributed by atoms with E-state index in [9.17, 15) is 13.5 Å². The summed E-state index contributed by atoms with van der Waals surface area (Å²) in [6.45, 7) is 3.79. The van der Waals surface area contributed by atoms with Crippen molar-refractivity contribution in [2.24, 2.45) is 5.92 Å². The van der Waals surface area contributed by atoms with E-state index in [0.717, 1.165) is 32.4 Å². The first-order valence-electron chi connectivity index (χ1n) is 6.14. The van der Waals surface area contributed by atoms with Crippen molar-refractivity contribution in [3.63, 3.8) is 0 Å². The van der Waals surface area contributed by atoms with Gasteiger partial charge in [-0.25, -0.2) is 8.42 Å². The highest BCUT2D eigenvalue weighted by molar-refractivity contribution is 7.91. The van der Waals surface area contributed by atoms with Crippen molar-refractivity contribution in [1.29, 1.82) is 0 Å². The molecule has 2 aliphatic heterocycles. The van der Waals surface area contributed by atoms with Crippen LogP contribution in [0.15, 0.2) is 0 Å². The molecule has 0 radical (unpaired) electrons. The van der Waals surface area contributed by atoms with Crippen molar-refractivity contribution in [2.75, 3.05) is 24.6 Å². The Balaban J connectivity index is 1.96. The minimum atomic E-state index is -2.79. The lowest BCUT2D eigenvalue weighted by atomic mass is 9.91. The largest absolute Gasteiger partial charge is 0.393 e. The molecule has 0 saturated carbocycles. The molecule has 2 rings (SSSR count). The molecule has 94 valence electrons. The van der Waals surface area contributed by atoms with Gasteiger partial charge >= 0.3 is 0 Å². The molecule has 0 aromatic heterocycles. The number of piperidine rings is 1. The molecule has 0 spiro atoms. The second-order valence-electron chi connectivity index (χ2n) is 5.08. The summed E-state index contributed by atoms with van der Waals surface area (Å²) in [6, 6.07) is 0.201. The van der Waals surface area contributed by atoms with Gasteiger partial charge in [0.25, 0.3) is 0 Å². The maximum absolute atomic E-state index is 11.4. The molecule has 0 aliphatic carbocycles. The van der Waals surface area contributed by atoms with Gasteiger partial charge in [0, 0.05) is 19.1 Å². The fourth-order valence-electron chi connectivity index (χ4n) is 2.84. The van der Waals surface area contributed by atoms with E-state index in [1.54, 1.807) is 0 Å². The molecule has 2 fully saturated rings. The number of hydrogen-bond acceptors (Lipinski definition) is 4. The predicted octanol–water partition coefficient (Wildman–Crippen LogP) is 0.266. The Morgan fingerprint density at radius 3 is 2.69 bits per heavy atom. The van der Waals surface area contributed by atoms with Gasteiger partial charge in [-0.2, -0.15) is 0 Å². The molecule has 0 aromatic rings. The second-order valence-corrected chi connectivity index (χ2v) is 7.30. The summed E-state index contributed by atoms with van der Waals surface area (Å²) in [7, 11) is -2.79. The highest BCUT2D eigenvalue weighted by atomic mass is 32.2. The zero-order valence-electron chi connectivity index (χ0n) is 9.80. The lowest BCUT2D eigenvalue weighted by Gasteiger charge is -2.38. The van der Waals surface area contributed by atoms with Crippen LogP contribution in [0.5, 0.6) is 0 Å². The zero-order chi connectivity index (χ0) is 11.8. The van der Waals surface area contributed by atoms with Crippen molar-refractivity contribution >= 4 is 9.84 Å². The van der Waals surface area contributed by atoms with E-state index in [4.69, 9.17) is 0 Å². The molecule has 1 N–H and O–H groups in total. The van der Waals surface area contributed by atoms with Crippen LogP contribution in [0.1, 0.15) is 26.2 Å². The Kier molecular flexibility index (Phi) is 3.56. The van der Waals surface area contributed by atoms with Crippen molar-refractivity contribution in [3.05, 3.63) is 0 Å². The Morgan fingerprint density at radius 2 is 2.12 bits per heavy atom. The maximum Gasteiger partial charge on any atom is 0.151 e. The van der Waals surface area contributed by atoms with E-state index >= 15 is 0 Å². The fourth-order valence-corrected chi connectivity index (χ4v) is 4.61. The van der Waals surface area contributed by atoms with Crippen molar-refractivity contribution in [2.45, 2.75) is 38.3 Å². The summed E-state index contributed by atoms with van der Waals surface area (Å²) in [5.41, 5.74) is 0. The number of aliphatic hydroxyl groups is 1. The summed E-state index contributed by atoms with van der Waals surface area (Å²) >= 11 is 0. The van der Waals surface area contributed by atoms with Crippen molar-refractivity contribution in [1.82, 2.24) is 4.90 Å². The van der Waals surface area contributed by atoms with Gasteiger partial charge < -0.3 is 5.11 Å². The van der Waals surface area contributed by atoms with Crippen molar-refractivity contribution in [3.8, 4) is 0 Å². The standard InChI is InChI=1S/C11H21NO3S/c1-2-9-7-12(5-3-11(9)13)10-4-6-16(14,15)8-10/h9-11,13H,2-8H2,1H3. The number of hydrogen-bond donors (Lipinski definition) is 1. The quantitative estimate of drug-likeness (QED) is 0.761. The molecule has 2 aliphatic rings. The molecule has 3 atom stereocenters. The summed E-state index contributed by atoms with van der Waals surface area (Å²) in [5.74, 6) is 0.976. The second kappa shape index (κ2) is 4.63. The third-order valence-electron chi connectivity index (χ3n) is 3.97. The molecular weight excluding hydrogens is 226 g/mol. The monoisotopic (exact) mass is 247 g/mol. The molecule has 3 unspecified atom stereocenters. The predicted molar refractivity (Wildman–Crippen MR) is 63.0 cm³/mol. The van der Waals surface area contributed by atoms with Crippen molar-refractivity contribution < 1.29 is 13.5 Å². The number of likely N-dealkylation sites (tertiary alicyclic amines) is 1. The summed E-state index contributed by atoms with van der Waals surface area (Å²) in [6.07, 6.45) is 2.33. The van der Waals surface area contributed by atoms with E-state index in [1.165, 1.54) is 0 Å². The van der Waals surface area contributed by atoms with Gasteiger partial charge in [-0.1, -0.05) is 6.92 Å². The van der Waals surface area contributed by atoms with Gasteiger partial charge in [0.05, 0.1) is 17.6 Å². The van der Waals surface area contributed by atoms with Crippen LogP contribution in [0, 0.1) is 5.92 Å². The lowest BCUT2D eigenvalue weighted by molar-refractivity contribution is 0.0123. The number of aliphatic hydroxyl groups excluding tert-OH is 1. The highest BCUT2D eigenvalue weighted by Gasteiger charge is 2.36. The molecule has 0 amide bonds. The van der Waals surface area contributed by atoms with Gasteiger partial charge in [0.1, 0.15) is 0 Å². The number of nitrogens with zero attached hydrogens (tertiary/aromatic N) is 1. The van der Waals surface area contributed by atoms with E-state index in [0.29, 0.717) is 17.4 Å². The molecule has 0 aromatic carbocycles. The first-order valence-corrected chi connectivity index (χ1v) is 7.96. The maximum atomic E-state index is 11.4. The lowest BCUT2D eigenvalue weighted by Crippen LogP contribution is -2.48. The van der Waals surface area contributed by atoms with Gasteiger partial charge in [-0.05, 0) is 25.2 Å². The topological polar surface area (TPSA) is 57.6 Å². The number of sulfone groups is 1. The Hall–Kier alpha value is -0.130. The van der Waals surface area contributed by atoms with Gasteiger partial charge in [0.2, 0.25) is 0 Å². The van der Waals surface area contributed by atoms with E-state index < -0.39 is 9.84 Å². The average Bonchev–Trinajstić information content (AvgIpc) is 2.59. The Labute approximate surface area is 97.6 Å². The molecule has 0 bridgehead atoms. The summed E-state index contributed by atoms with van der Waals surface area (Å²) < 4.78 is 22.8. The van der Waals surface area contributed by atoms with E-state index in [1.807, 2.05) is 0 Å². The third kappa shape index (κ3) is 2.57. The third-order valence-corrected chi connectivity index (χ3v) is 5.72. The normalized spacial score (nSPS) is 40.0. The molecule has 2 heterocycles. The van der Waals surface area contributed by atoms with Crippen LogP contribution in [0.4, 0.5) is 0 Å². The molecular formula is C11H21NO3S. The number of rotatable bonds is 2. The van der Waals surface area contributed by atoms with Crippen LogP contribution in [0.2, 0.25) is 0 Å².